The first-order chi connectivity index (χ1) is 3.06. The third-order valence-electron chi connectivity index (χ3n) is 0.308. The largest absolute Gasteiger partial charge is 0.224 e. The first-order valence-electron chi connectivity index (χ1n) is 1.73. The molecule has 0 aliphatic rings. The van der Waals surface area contributed by atoms with E-state index in [-0.39, 0.29) is 0 Å². The lowest BCUT2D eigenvalue weighted by molar-refractivity contribution is 0.741. The lowest BCUT2D eigenvalue weighted by atomic mass is 10.8. The summed E-state index contributed by atoms with van der Waals surface area (Å²) < 4.78 is 25.4. The van der Waals surface area contributed by atoms with Crippen molar-refractivity contribution in [3.8, 4) is 0 Å². The second-order valence-corrected chi connectivity index (χ2v) is 5.32. The minimum absolute atomic E-state index is 0.339. The van der Waals surface area contributed by atoms with Crippen LogP contribution in [0.5, 0.6) is 0 Å². The lowest BCUT2D eigenvalue weighted by Crippen LogP contribution is -2.06. The molecule has 0 atom stereocenters. The Bertz CT molecular complexity index is 54.1. The van der Waals surface area contributed by atoms with Gasteiger partial charge in [-0.3, -0.25) is 0 Å². The summed E-state index contributed by atoms with van der Waals surface area (Å²) in [6, 6.07) is 0. The topological polar surface area (TPSA) is 12.0 Å². The monoisotopic (exact) mass is 241 g/mol. The molecular weight excluding hydrogens is 235 g/mol. The van der Waals surface area contributed by atoms with E-state index >= 15 is 0 Å². The fourth-order valence-electron chi connectivity index (χ4n) is 0.164. The first kappa shape index (κ1) is 7.90. The van der Waals surface area contributed by atoms with Gasteiger partial charge in [0.15, 0.2) is 8.16 Å². The molecule has 0 aliphatic carbocycles. The molecule has 0 radical (unpaired) electrons. The molecule has 0 aliphatic heterocycles. The summed E-state index contributed by atoms with van der Waals surface area (Å²) >= 11 is 1.12. The number of rotatable bonds is 2. The predicted molar refractivity (Wildman–Crippen MR) is 37.5 cm³/mol. The van der Waals surface area contributed by atoms with E-state index in [0.29, 0.717) is 6.54 Å². The van der Waals surface area contributed by atoms with Crippen molar-refractivity contribution in [2.45, 2.75) is 6.92 Å². The van der Waals surface area contributed by atoms with Crippen molar-refractivity contribution in [1.29, 1.82) is 0 Å². The summed E-state index contributed by atoms with van der Waals surface area (Å²) in [6.45, 7) is 1.99. The Kier molecular flexibility index (Phi) is 3.42. The molecule has 0 amide bonds. The van der Waals surface area contributed by atoms with Gasteiger partial charge in [0.1, 0.15) is 0 Å². The third-order valence-corrected chi connectivity index (χ3v) is 1.86. The minimum atomic E-state index is -3.45. The molecule has 0 aromatic heterocycles. The molecule has 0 aromatic rings. The summed E-state index contributed by atoms with van der Waals surface area (Å²) in [6.07, 6.45) is 0. The number of halogens is 3. The fraction of sp³-hybridized carbons (Fsp3) is 1.00. The molecule has 1 N–H and O–H groups in total. The molecule has 0 heterocycles. The van der Waals surface area contributed by atoms with Gasteiger partial charge in [0.05, 0.1) is 21.2 Å². The quantitative estimate of drug-likeness (QED) is 0.732. The summed E-state index contributed by atoms with van der Waals surface area (Å²) in [4.78, 5) is 0. The maximum atomic E-state index is 11.7. The molecule has 0 rings (SSSR count). The highest BCUT2D eigenvalue weighted by Gasteiger charge is 2.12. The maximum absolute atomic E-state index is 11.7. The van der Waals surface area contributed by atoms with Gasteiger partial charge in [-0.25, -0.2) is 4.72 Å². The lowest BCUT2D eigenvalue weighted by Gasteiger charge is -2.10. The van der Waals surface area contributed by atoms with Crippen LogP contribution in [0.3, 0.4) is 0 Å². The van der Waals surface area contributed by atoms with Crippen molar-refractivity contribution < 1.29 is 7.77 Å². The van der Waals surface area contributed by atoms with Crippen molar-refractivity contribution in [3.05, 3.63) is 0 Å². The second-order valence-electron chi connectivity index (χ2n) is 0.904. The van der Waals surface area contributed by atoms with Gasteiger partial charge in [0.2, 0.25) is 0 Å². The Hall–Kier alpha value is 0.900. The van der Waals surface area contributed by atoms with Crippen molar-refractivity contribution >= 4 is 29.4 Å². The van der Waals surface area contributed by atoms with Gasteiger partial charge in [-0.05, 0) is 0 Å². The SMILES string of the molecule is CCNS(F)(F)I. The third kappa shape index (κ3) is 6.90. The van der Waals surface area contributed by atoms with Gasteiger partial charge in [0, 0.05) is 6.54 Å². The predicted octanol–water partition coefficient (Wildman–Crippen LogP) is 2.43. The van der Waals surface area contributed by atoms with Crippen molar-refractivity contribution in [1.82, 2.24) is 4.72 Å². The van der Waals surface area contributed by atoms with E-state index in [1.807, 2.05) is 4.72 Å². The van der Waals surface area contributed by atoms with E-state index in [1.54, 1.807) is 6.92 Å². The zero-order chi connectivity index (χ0) is 5.91. The minimum Gasteiger partial charge on any atom is -0.224 e. The highest BCUT2D eigenvalue weighted by Crippen LogP contribution is 2.55. The highest BCUT2D eigenvalue weighted by atomic mass is 127. The molecule has 46 valence electrons. The molecule has 5 heteroatoms. The maximum Gasteiger partial charge on any atom is 0.171 e. The van der Waals surface area contributed by atoms with Gasteiger partial charge in [-0.2, -0.15) is 0 Å². The van der Waals surface area contributed by atoms with Crippen LogP contribution >= 0.6 is 29.4 Å². The van der Waals surface area contributed by atoms with E-state index in [0.717, 1.165) is 21.2 Å². The Balaban J connectivity index is 3.15. The van der Waals surface area contributed by atoms with Crippen LogP contribution in [0.15, 0.2) is 0 Å². The summed E-state index contributed by atoms with van der Waals surface area (Å²) in [5.41, 5.74) is 0. The van der Waals surface area contributed by atoms with Crippen LogP contribution in [-0.2, 0) is 0 Å². The van der Waals surface area contributed by atoms with Gasteiger partial charge in [-0.1, -0.05) is 6.92 Å². The van der Waals surface area contributed by atoms with Crippen LogP contribution in [-0.4, -0.2) is 6.54 Å². The second kappa shape index (κ2) is 3.03. The molecule has 0 bridgehead atoms. The van der Waals surface area contributed by atoms with Crippen LogP contribution in [0.2, 0.25) is 0 Å². The van der Waals surface area contributed by atoms with E-state index in [4.69, 9.17) is 0 Å². The Morgan fingerprint density at radius 2 is 2.14 bits per heavy atom. The van der Waals surface area contributed by atoms with Gasteiger partial charge in [0.25, 0.3) is 0 Å². The summed E-state index contributed by atoms with van der Waals surface area (Å²) in [5.74, 6) is 0. The molecule has 0 spiro atoms. The summed E-state index contributed by atoms with van der Waals surface area (Å²) in [7, 11) is -3.45. The normalized spacial score (nSPS) is 14.3. The zero-order valence-corrected chi connectivity index (χ0v) is 6.72. The fourth-order valence-corrected chi connectivity index (χ4v) is 1.43. The molecule has 0 fully saturated rings. The Morgan fingerprint density at radius 3 is 2.14 bits per heavy atom. The van der Waals surface area contributed by atoms with Gasteiger partial charge >= 0.3 is 0 Å². The molecule has 0 saturated carbocycles. The van der Waals surface area contributed by atoms with E-state index in [2.05, 4.69) is 0 Å². The van der Waals surface area contributed by atoms with Crippen molar-refractivity contribution in [2.24, 2.45) is 0 Å². The van der Waals surface area contributed by atoms with Crippen molar-refractivity contribution in [2.75, 3.05) is 6.54 Å². The molecule has 1 nitrogen and oxygen atoms in total. The van der Waals surface area contributed by atoms with E-state index in [9.17, 15) is 7.77 Å². The molecule has 0 saturated heterocycles. The number of hydrogen-bond acceptors (Lipinski definition) is 1. The average molecular weight is 241 g/mol. The Labute approximate surface area is 55.5 Å². The Morgan fingerprint density at radius 1 is 1.71 bits per heavy atom. The van der Waals surface area contributed by atoms with Crippen LogP contribution in [0.4, 0.5) is 7.77 Å². The van der Waals surface area contributed by atoms with Crippen LogP contribution in [0.25, 0.3) is 0 Å². The van der Waals surface area contributed by atoms with Crippen molar-refractivity contribution in [3.63, 3.8) is 0 Å². The number of nitrogens with one attached hydrogen (secondary N) is 1. The standard InChI is InChI=1S/C2H6F2INS/c1-2-6-7(3,4)5/h6H,2H2,1H3. The van der Waals surface area contributed by atoms with E-state index < -0.39 is 8.16 Å². The van der Waals surface area contributed by atoms with Crippen LogP contribution in [0, 0.1) is 0 Å². The smallest absolute Gasteiger partial charge is 0.171 e. The summed E-state index contributed by atoms with van der Waals surface area (Å²) in [5, 5.41) is 0. The molecule has 0 unspecified atom stereocenters. The molecule has 7 heavy (non-hydrogen) atoms. The van der Waals surface area contributed by atoms with Crippen LogP contribution < -0.4 is 4.72 Å². The molecule has 0 aromatic carbocycles. The first-order valence-corrected chi connectivity index (χ1v) is 5.70. The number of hydrogen-bond donors (Lipinski definition) is 1. The highest BCUT2D eigenvalue weighted by molar-refractivity contribution is 14.2. The molecular formula is C2H6F2INS. The van der Waals surface area contributed by atoms with Gasteiger partial charge < -0.3 is 0 Å². The van der Waals surface area contributed by atoms with E-state index in [1.165, 1.54) is 0 Å². The average Bonchev–Trinajstić information content (AvgIpc) is 1.30. The zero-order valence-electron chi connectivity index (χ0n) is 3.75. The van der Waals surface area contributed by atoms with Gasteiger partial charge in [-0.15, -0.1) is 7.77 Å². The van der Waals surface area contributed by atoms with Crippen LogP contribution in [0.1, 0.15) is 6.92 Å².